The quantitative estimate of drug-likeness (QED) is 0.900. The van der Waals surface area contributed by atoms with E-state index in [2.05, 4.69) is 56.3 Å². The zero-order chi connectivity index (χ0) is 13.9. The minimum absolute atomic E-state index is 0.343. The Morgan fingerprint density at radius 1 is 1.30 bits per heavy atom. The number of likely N-dealkylation sites (N-methyl/N-ethyl adjacent to an activating group) is 1. The molecule has 0 aromatic heterocycles. The lowest BCUT2D eigenvalue weighted by Gasteiger charge is -2.36. The van der Waals surface area contributed by atoms with Crippen LogP contribution in [0.2, 0.25) is 0 Å². The third kappa shape index (κ3) is 3.52. The van der Waals surface area contributed by atoms with E-state index in [9.17, 15) is 0 Å². The standard InChI is InChI=1S/C15H22BrN3O/c1-18-10-13(11-18)20-15-3-2-12(8-14(15)16)9-19-6-4-17-5-7-19/h2-3,8,13,17H,4-7,9-11H2,1H3. The van der Waals surface area contributed by atoms with Gasteiger partial charge in [0.15, 0.2) is 0 Å². The molecule has 3 rings (SSSR count). The minimum atomic E-state index is 0.343. The van der Waals surface area contributed by atoms with Crippen LogP contribution in [0.15, 0.2) is 22.7 Å². The van der Waals surface area contributed by atoms with Gasteiger partial charge in [0, 0.05) is 45.8 Å². The molecule has 0 spiro atoms. The third-order valence-corrected chi connectivity index (χ3v) is 4.56. The Morgan fingerprint density at radius 3 is 2.70 bits per heavy atom. The van der Waals surface area contributed by atoms with E-state index in [1.807, 2.05) is 0 Å². The van der Waals surface area contributed by atoms with Gasteiger partial charge in [-0.3, -0.25) is 9.80 Å². The van der Waals surface area contributed by atoms with Crippen molar-refractivity contribution in [1.82, 2.24) is 15.1 Å². The molecule has 0 unspecified atom stereocenters. The number of hydrogen-bond acceptors (Lipinski definition) is 4. The van der Waals surface area contributed by atoms with Gasteiger partial charge < -0.3 is 10.1 Å². The van der Waals surface area contributed by atoms with Crippen LogP contribution in [0.25, 0.3) is 0 Å². The molecule has 2 heterocycles. The second-order valence-corrected chi connectivity index (χ2v) is 6.61. The predicted octanol–water partition coefficient (Wildman–Crippen LogP) is 1.55. The van der Waals surface area contributed by atoms with Crippen molar-refractivity contribution in [3.63, 3.8) is 0 Å². The maximum atomic E-state index is 5.98. The molecular weight excluding hydrogens is 318 g/mol. The second kappa shape index (κ2) is 6.43. The van der Waals surface area contributed by atoms with Crippen molar-refractivity contribution in [2.75, 3.05) is 46.3 Å². The summed E-state index contributed by atoms with van der Waals surface area (Å²) in [6.45, 7) is 7.51. The number of benzene rings is 1. The fraction of sp³-hybridized carbons (Fsp3) is 0.600. The first kappa shape index (κ1) is 14.3. The maximum absolute atomic E-state index is 5.98. The van der Waals surface area contributed by atoms with Crippen molar-refractivity contribution in [3.8, 4) is 5.75 Å². The first-order chi connectivity index (χ1) is 9.70. The van der Waals surface area contributed by atoms with Crippen molar-refractivity contribution in [3.05, 3.63) is 28.2 Å². The minimum Gasteiger partial charge on any atom is -0.487 e. The zero-order valence-corrected chi connectivity index (χ0v) is 13.5. The molecular formula is C15H22BrN3O. The first-order valence-electron chi connectivity index (χ1n) is 7.27. The summed E-state index contributed by atoms with van der Waals surface area (Å²) < 4.78 is 7.05. The molecule has 0 radical (unpaired) electrons. The van der Waals surface area contributed by atoms with Gasteiger partial charge in [0.2, 0.25) is 0 Å². The van der Waals surface area contributed by atoms with Gasteiger partial charge in [0.25, 0.3) is 0 Å². The molecule has 1 N–H and O–H groups in total. The topological polar surface area (TPSA) is 27.7 Å². The molecule has 2 fully saturated rings. The van der Waals surface area contributed by atoms with Gasteiger partial charge in [-0.15, -0.1) is 0 Å². The fourth-order valence-corrected chi connectivity index (χ4v) is 3.28. The SMILES string of the molecule is CN1CC(Oc2ccc(CN3CCNCC3)cc2Br)C1. The summed E-state index contributed by atoms with van der Waals surface area (Å²) >= 11 is 3.64. The Labute approximate surface area is 129 Å². The molecule has 0 bridgehead atoms. The van der Waals surface area contributed by atoms with Crippen molar-refractivity contribution in [2.24, 2.45) is 0 Å². The number of rotatable bonds is 4. The fourth-order valence-electron chi connectivity index (χ4n) is 2.76. The lowest BCUT2D eigenvalue weighted by atomic mass is 10.1. The Kier molecular flexibility index (Phi) is 4.61. The molecule has 0 aliphatic carbocycles. The normalized spacial score (nSPS) is 21.7. The maximum Gasteiger partial charge on any atom is 0.134 e. The van der Waals surface area contributed by atoms with E-state index in [4.69, 9.17) is 4.74 Å². The molecule has 2 saturated heterocycles. The van der Waals surface area contributed by atoms with E-state index >= 15 is 0 Å². The van der Waals surface area contributed by atoms with Crippen LogP contribution in [0.3, 0.4) is 0 Å². The lowest BCUT2D eigenvalue weighted by Crippen LogP contribution is -2.51. The van der Waals surface area contributed by atoms with Crippen LogP contribution in [0.1, 0.15) is 5.56 Å². The molecule has 0 saturated carbocycles. The summed E-state index contributed by atoms with van der Waals surface area (Å²) in [5.41, 5.74) is 1.34. The smallest absolute Gasteiger partial charge is 0.134 e. The van der Waals surface area contributed by atoms with E-state index < -0.39 is 0 Å². The summed E-state index contributed by atoms with van der Waals surface area (Å²) in [7, 11) is 2.12. The van der Waals surface area contributed by atoms with Crippen molar-refractivity contribution in [2.45, 2.75) is 12.6 Å². The van der Waals surface area contributed by atoms with Gasteiger partial charge >= 0.3 is 0 Å². The van der Waals surface area contributed by atoms with E-state index in [0.29, 0.717) is 6.10 Å². The average Bonchev–Trinajstić information content (AvgIpc) is 2.41. The van der Waals surface area contributed by atoms with Gasteiger partial charge in [-0.05, 0) is 40.7 Å². The highest BCUT2D eigenvalue weighted by Gasteiger charge is 2.25. The number of ether oxygens (including phenoxy) is 1. The molecule has 110 valence electrons. The molecule has 0 amide bonds. The van der Waals surface area contributed by atoms with E-state index in [0.717, 1.165) is 56.0 Å². The van der Waals surface area contributed by atoms with Crippen LogP contribution >= 0.6 is 15.9 Å². The van der Waals surface area contributed by atoms with Crippen LogP contribution in [0, 0.1) is 0 Å². The molecule has 20 heavy (non-hydrogen) atoms. The van der Waals surface area contributed by atoms with Gasteiger partial charge in [-0.25, -0.2) is 0 Å². The van der Waals surface area contributed by atoms with Crippen molar-refractivity contribution in [1.29, 1.82) is 0 Å². The highest BCUT2D eigenvalue weighted by molar-refractivity contribution is 9.10. The first-order valence-corrected chi connectivity index (χ1v) is 8.07. The van der Waals surface area contributed by atoms with E-state index in [1.54, 1.807) is 0 Å². The molecule has 0 atom stereocenters. The summed E-state index contributed by atoms with van der Waals surface area (Å²) in [4.78, 5) is 4.75. The van der Waals surface area contributed by atoms with Crippen LogP contribution < -0.4 is 10.1 Å². The number of piperazine rings is 1. The summed E-state index contributed by atoms with van der Waals surface area (Å²) in [6.07, 6.45) is 0.343. The van der Waals surface area contributed by atoms with Gasteiger partial charge in [0.05, 0.1) is 4.47 Å². The highest BCUT2D eigenvalue weighted by Crippen LogP contribution is 2.28. The molecule has 5 heteroatoms. The Morgan fingerprint density at radius 2 is 2.05 bits per heavy atom. The number of nitrogens with one attached hydrogen (secondary N) is 1. The number of halogens is 1. The Hall–Kier alpha value is -0.620. The summed E-state index contributed by atoms with van der Waals surface area (Å²) in [5.74, 6) is 0.965. The number of hydrogen-bond donors (Lipinski definition) is 1. The second-order valence-electron chi connectivity index (χ2n) is 5.75. The number of likely N-dealkylation sites (tertiary alicyclic amines) is 1. The summed E-state index contributed by atoms with van der Waals surface area (Å²) in [6, 6.07) is 6.48. The monoisotopic (exact) mass is 339 g/mol. The van der Waals surface area contributed by atoms with E-state index in [-0.39, 0.29) is 0 Å². The molecule has 2 aliphatic rings. The van der Waals surface area contributed by atoms with Crippen LogP contribution in [-0.4, -0.2) is 62.2 Å². The van der Waals surface area contributed by atoms with Crippen LogP contribution in [0.4, 0.5) is 0 Å². The zero-order valence-electron chi connectivity index (χ0n) is 11.9. The molecule has 1 aromatic rings. The van der Waals surface area contributed by atoms with Gasteiger partial charge in [-0.2, -0.15) is 0 Å². The van der Waals surface area contributed by atoms with Crippen molar-refractivity contribution >= 4 is 15.9 Å². The van der Waals surface area contributed by atoms with Crippen LogP contribution in [0.5, 0.6) is 5.75 Å². The summed E-state index contributed by atoms with van der Waals surface area (Å²) in [5, 5.41) is 3.38. The van der Waals surface area contributed by atoms with Crippen LogP contribution in [-0.2, 0) is 6.54 Å². The van der Waals surface area contributed by atoms with Crippen molar-refractivity contribution < 1.29 is 4.74 Å². The Balaban J connectivity index is 1.58. The highest BCUT2D eigenvalue weighted by atomic mass is 79.9. The predicted molar refractivity (Wildman–Crippen MR) is 84.2 cm³/mol. The molecule has 2 aliphatic heterocycles. The molecule has 4 nitrogen and oxygen atoms in total. The van der Waals surface area contributed by atoms with Gasteiger partial charge in [0.1, 0.15) is 11.9 Å². The number of nitrogens with zero attached hydrogens (tertiary/aromatic N) is 2. The lowest BCUT2D eigenvalue weighted by molar-refractivity contribution is 0.0383. The average molecular weight is 340 g/mol. The largest absolute Gasteiger partial charge is 0.487 e. The Bertz CT molecular complexity index is 456. The third-order valence-electron chi connectivity index (χ3n) is 3.94. The van der Waals surface area contributed by atoms with E-state index in [1.165, 1.54) is 5.56 Å². The molecule has 1 aromatic carbocycles. The van der Waals surface area contributed by atoms with Gasteiger partial charge in [-0.1, -0.05) is 6.07 Å².